The first-order chi connectivity index (χ1) is 8.79. The highest BCUT2D eigenvalue weighted by Gasteiger charge is 2.17. The Hall–Kier alpha value is -0.970. The van der Waals surface area contributed by atoms with Crippen molar-refractivity contribution in [2.24, 2.45) is 0 Å². The average molecular weight is 252 g/mol. The molecule has 0 N–H and O–H groups in total. The minimum absolute atomic E-state index is 0.0979. The van der Waals surface area contributed by atoms with Gasteiger partial charge in [-0.2, -0.15) is 0 Å². The van der Waals surface area contributed by atoms with Gasteiger partial charge in [0.25, 0.3) is 0 Å². The Labute approximate surface area is 108 Å². The largest absolute Gasteiger partial charge is 0.383 e. The quantitative estimate of drug-likeness (QED) is 0.791. The number of methoxy groups -OCH3 is 1. The number of piperazine rings is 1. The van der Waals surface area contributed by atoms with Crippen LogP contribution in [0, 0.1) is 5.82 Å². The fourth-order valence-corrected chi connectivity index (χ4v) is 2.26. The average Bonchev–Trinajstić information content (AvgIpc) is 2.41. The molecule has 0 amide bonds. The van der Waals surface area contributed by atoms with E-state index in [2.05, 4.69) is 9.80 Å². The molecular formula is C14H21FN2O. The molecule has 1 aromatic carbocycles. The highest BCUT2D eigenvalue weighted by atomic mass is 19.1. The molecule has 1 aliphatic rings. The van der Waals surface area contributed by atoms with E-state index in [1.165, 1.54) is 6.07 Å². The lowest BCUT2D eigenvalue weighted by Crippen LogP contribution is -2.46. The van der Waals surface area contributed by atoms with Gasteiger partial charge in [-0.3, -0.25) is 9.80 Å². The van der Waals surface area contributed by atoms with Gasteiger partial charge < -0.3 is 4.74 Å². The Balaban J connectivity index is 1.78. The number of rotatable bonds is 5. The first kappa shape index (κ1) is 13.5. The third-order valence-corrected chi connectivity index (χ3v) is 3.43. The van der Waals surface area contributed by atoms with Crippen molar-refractivity contribution < 1.29 is 9.13 Å². The number of hydrogen-bond acceptors (Lipinski definition) is 3. The molecule has 0 bridgehead atoms. The molecule has 0 radical (unpaired) electrons. The number of hydrogen-bond donors (Lipinski definition) is 0. The summed E-state index contributed by atoms with van der Waals surface area (Å²) in [5, 5.41) is 0. The Kier molecular flexibility index (Phi) is 5.11. The zero-order valence-corrected chi connectivity index (χ0v) is 10.9. The highest BCUT2D eigenvalue weighted by Crippen LogP contribution is 2.11. The molecule has 0 aliphatic carbocycles. The molecule has 1 saturated heterocycles. The van der Waals surface area contributed by atoms with Crippen molar-refractivity contribution in [1.29, 1.82) is 0 Å². The van der Waals surface area contributed by atoms with Gasteiger partial charge in [0.1, 0.15) is 5.82 Å². The van der Waals surface area contributed by atoms with Crippen molar-refractivity contribution in [3.05, 3.63) is 35.6 Å². The molecule has 0 saturated carbocycles. The first-order valence-electron chi connectivity index (χ1n) is 6.46. The van der Waals surface area contributed by atoms with Crippen LogP contribution in [0.5, 0.6) is 0 Å². The Bertz CT molecular complexity index is 365. The van der Waals surface area contributed by atoms with Gasteiger partial charge in [-0.15, -0.1) is 0 Å². The van der Waals surface area contributed by atoms with Crippen LogP contribution in [0.25, 0.3) is 0 Å². The molecule has 1 heterocycles. The lowest BCUT2D eigenvalue weighted by atomic mass is 10.2. The zero-order valence-electron chi connectivity index (χ0n) is 10.9. The molecule has 1 aromatic rings. The molecular weight excluding hydrogens is 231 g/mol. The lowest BCUT2D eigenvalue weighted by Gasteiger charge is -2.34. The monoisotopic (exact) mass is 252 g/mol. The lowest BCUT2D eigenvalue weighted by molar-refractivity contribution is 0.0933. The van der Waals surface area contributed by atoms with Crippen molar-refractivity contribution in [2.45, 2.75) is 6.54 Å². The van der Waals surface area contributed by atoms with E-state index in [1.807, 2.05) is 12.1 Å². The number of nitrogens with zero attached hydrogens (tertiary/aromatic N) is 2. The maximum atomic E-state index is 13.5. The second-order valence-electron chi connectivity index (χ2n) is 4.70. The summed E-state index contributed by atoms with van der Waals surface area (Å²) in [4.78, 5) is 4.70. The van der Waals surface area contributed by atoms with Crippen molar-refractivity contribution in [3.63, 3.8) is 0 Å². The third kappa shape index (κ3) is 3.77. The van der Waals surface area contributed by atoms with Gasteiger partial charge in [-0.05, 0) is 6.07 Å². The van der Waals surface area contributed by atoms with E-state index in [0.29, 0.717) is 6.54 Å². The van der Waals surface area contributed by atoms with Gasteiger partial charge in [0, 0.05) is 51.9 Å². The van der Waals surface area contributed by atoms with Crippen LogP contribution in [0.2, 0.25) is 0 Å². The fourth-order valence-electron chi connectivity index (χ4n) is 2.26. The van der Waals surface area contributed by atoms with Crippen LogP contribution < -0.4 is 0 Å². The van der Waals surface area contributed by atoms with Gasteiger partial charge in [0.15, 0.2) is 0 Å². The van der Waals surface area contributed by atoms with Crippen LogP contribution in [0.15, 0.2) is 24.3 Å². The summed E-state index contributed by atoms with van der Waals surface area (Å²) in [6.45, 7) is 6.56. The first-order valence-corrected chi connectivity index (χ1v) is 6.46. The summed E-state index contributed by atoms with van der Waals surface area (Å²) < 4.78 is 18.6. The van der Waals surface area contributed by atoms with Gasteiger partial charge in [0.05, 0.1) is 6.61 Å². The maximum Gasteiger partial charge on any atom is 0.127 e. The second kappa shape index (κ2) is 6.83. The van der Waals surface area contributed by atoms with Crippen molar-refractivity contribution >= 4 is 0 Å². The Morgan fingerprint density at radius 3 is 2.44 bits per heavy atom. The molecule has 1 aliphatic heterocycles. The smallest absolute Gasteiger partial charge is 0.127 e. The molecule has 0 spiro atoms. The van der Waals surface area contributed by atoms with Gasteiger partial charge in [-0.1, -0.05) is 18.2 Å². The van der Waals surface area contributed by atoms with Gasteiger partial charge >= 0.3 is 0 Å². The minimum atomic E-state index is -0.0979. The summed E-state index contributed by atoms with van der Waals surface area (Å²) >= 11 is 0. The van der Waals surface area contributed by atoms with E-state index in [1.54, 1.807) is 13.2 Å². The molecule has 0 unspecified atom stereocenters. The van der Waals surface area contributed by atoms with Crippen LogP contribution in [0.3, 0.4) is 0 Å². The van der Waals surface area contributed by atoms with Crippen LogP contribution in [-0.2, 0) is 11.3 Å². The van der Waals surface area contributed by atoms with Gasteiger partial charge in [-0.25, -0.2) is 4.39 Å². The fraction of sp³-hybridized carbons (Fsp3) is 0.571. The molecule has 0 atom stereocenters. The minimum Gasteiger partial charge on any atom is -0.383 e. The number of halogens is 1. The summed E-state index contributed by atoms with van der Waals surface area (Å²) in [6.07, 6.45) is 0. The molecule has 4 heteroatoms. The standard InChI is InChI=1S/C14H21FN2O/c1-18-11-10-16-6-8-17(9-7-16)12-13-4-2-3-5-14(13)15/h2-5H,6-12H2,1H3. The highest BCUT2D eigenvalue weighted by molar-refractivity contribution is 5.17. The maximum absolute atomic E-state index is 13.5. The van der Waals surface area contributed by atoms with Crippen LogP contribution >= 0.6 is 0 Å². The summed E-state index contributed by atoms with van der Waals surface area (Å²) in [7, 11) is 1.73. The normalized spacial score (nSPS) is 18.1. The number of benzene rings is 1. The Morgan fingerprint density at radius 1 is 1.11 bits per heavy atom. The predicted molar refractivity (Wildman–Crippen MR) is 70.0 cm³/mol. The summed E-state index contributed by atoms with van der Waals surface area (Å²) in [5.74, 6) is -0.0979. The third-order valence-electron chi connectivity index (χ3n) is 3.43. The molecule has 18 heavy (non-hydrogen) atoms. The van der Waals surface area contributed by atoms with E-state index in [0.717, 1.165) is 44.9 Å². The predicted octanol–water partition coefficient (Wildman–Crippen LogP) is 1.59. The molecule has 100 valence electrons. The second-order valence-corrected chi connectivity index (χ2v) is 4.70. The van der Waals surface area contributed by atoms with Crippen LogP contribution in [0.1, 0.15) is 5.56 Å². The van der Waals surface area contributed by atoms with E-state index in [9.17, 15) is 4.39 Å². The molecule has 1 fully saturated rings. The summed E-state index contributed by atoms with van der Waals surface area (Å²) in [5.41, 5.74) is 0.794. The molecule has 3 nitrogen and oxygen atoms in total. The van der Waals surface area contributed by atoms with Crippen molar-refractivity contribution in [1.82, 2.24) is 9.80 Å². The van der Waals surface area contributed by atoms with Crippen molar-refractivity contribution in [2.75, 3.05) is 46.4 Å². The Morgan fingerprint density at radius 2 is 1.78 bits per heavy atom. The molecule has 0 aromatic heterocycles. The summed E-state index contributed by atoms with van der Waals surface area (Å²) in [6, 6.07) is 7.03. The van der Waals surface area contributed by atoms with E-state index >= 15 is 0 Å². The van der Waals surface area contributed by atoms with Crippen molar-refractivity contribution in [3.8, 4) is 0 Å². The van der Waals surface area contributed by atoms with Crippen LogP contribution in [0.4, 0.5) is 4.39 Å². The SMILES string of the molecule is COCCN1CCN(Cc2ccccc2F)CC1. The molecule has 2 rings (SSSR count). The van der Waals surface area contributed by atoms with Gasteiger partial charge in [0.2, 0.25) is 0 Å². The number of ether oxygens (including phenoxy) is 1. The van der Waals surface area contributed by atoms with E-state index in [-0.39, 0.29) is 5.82 Å². The van der Waals surface area contributed by atoms with Crippen LogP contribution in [-0.4, -0.2) is 56.2 Å². The zero-order chi connectivity index (χ0) is 12.8. The van der Waals surface area contributed by atoms with E-state index in [4.69, 9.17) is 4.74 Å². The topological polar surface area (TPSA) is 15.7 Å². The van der Waals surface area contributed by atoms with E-state index < -0.39 is 0 Å².